The van der Waals surface area contributed by atoms with E-state index in [0.29, 0.717) is 5.92 Å². The zero-order valence-corrected chi connectivity index (χ0v) is 18.1. The summed E-state index contributed by atoms with van der Waals surface area (Å²) in [4.78, 5) is 6.54. The van der Waals surface area contributed by atoms with Crippen LogP contribution in [0.5, 0.6) is 11.5 Å². The Kier molecular flexibility index (Phi) is 7.72. The van der Waals surface area contributed by atoms with Crippen molar-refractivity contribution in [3.8, 4) is 11.5 Å². The van der Waals surface area contributed by atoms with E-state index in [1.165, 1.54) is 11.1 Å². The molecule has 1 heterocycles. The molecule has 7 heteroatoms. The Balaban J connectivity index is 1.95. The monoisotopic (exact) mass is 387 g/mol. The maximum absolute atomic E-state index is 5.38. The van der Waals surface area contributed by atoms with Crippen molar-refractivity contribution in [1.82, 2.24) is 20.0 Å². The van der Waals surface area contributed by atoms with Gasteiger partial charge in [-0.3, -0.25) is 9.67 Å². The number of nitrogens with zero attached hydrogens (tertiary/aromatic N) is 4. The SMILES string of the molecule is CN=C(NCCc1ccc(OC)c(OC)c1)N(C)Cc1cn(C)nc1C(C)C. The van der Waals surface area contributed by atoms with Crippen molar-refractivity contribution in [2.75, 3.05) is 34.9 Å². The molecule has 1 N–H and O–H groups in total. The fraction of sp³-hybridized carbons (Fsp3) is 0.524. The standard InChI is InChI=1S/C21H33N5O2/c1-15(2)20-17(14-26(5)24-20)13-25(4)21(22-3)23-11-10-16-8-9-18(27-6)19(12-16)28-7/h8-9,12,14-15H,10-11,13H2,1-7H3,(H,22,23). The highest BCUT2D eigenvalue weighted by Crippen LogP contribution is 2.27. The Hall–Kier alpha value is -2.70. The minimum atomic E-state index is 0.393. The fourth-order valence-corrected chi connectivity index (χ4v) is 3.23. The van der Waals surface area contributed by atoms with Crippen LogP contribution in [0, 0.1) is 0 Å². The Bertz CT molecular complexity index is 798. The van der Waals surface area contributed by atoms with Crippen LogP contribution in [-0.4, -0.2) is 55.5 Å². The van der Waals surface area contributed by atoms with Crippen molar-refractivity contribution in [2.24, 2.45) is 12.0 Å². The summed E-state index contributed by atoms with van der Waals surface area (Å²) in [5, 5.41) is 8.02. The Morgan fingerprint density at radius 2 is 1.96 bits per heavy atom. The van der Waals surface area contributed by atoms with Gasteiger partial charge in [-0.05, 0) is 30.0 Å². The maximum atomic E-state index is 5.38. The molecular formula is C21H33N5O2. The summed E-state index contributed by atoms with van der Waals surface area (Å²) in [6.07, 6.45) is 2.94. The summed E-state index contributed by atoms with van der Waals surface area (Å²) in [7, 11) is 9.11. The zero-order chi connectivity index (χ0) is 20.7. The minimum Gasteiger partial charge on any atom is -0.493 e. The first-order chi connectivity index (χ1) is 13.4. The third-order valence-corrected chi connectivity index (χ3v) is 4.61. The molecule has 0 aliphatic carbocycles. The molecule has 2 aromatic rings. The molecular weight excluding hydrogens is 354 g/mol. The number of hydrogen-bond acceptors (Lipinski definition) is 4. The molecule has 1 aromatic carbocycles. The molecule has 0 atom stereocenters. The van der Waals surface area contributed by atoms with Crippen molar-refractivity contribution in [3.63, 3.8) is 0 Å². The molecule has 0 unspecified atom stereocenters. The van der Waals surface area contributed by atoms with Crippen LogP contribution in [0.1, 0.15) is 36.6 Å². The molecule has 1 aromatic heterocycles. The van der Waals surface area contributed by atoms with Crippen molar-refractivity contribution < 1.29 is 9.47 Å². The summed E-state index contributed by atoms with van der Waals surface area (Å²) in [5.74, 6) is 2.75. The molecule has 0 fully saturated rings. The first-order valence-corrected chi connectivity index (χ1v) is 9.54. The average Bonchev–Trinajstić information content (AvgIpc) is 3.05. The van der Waals surface area contributed by atoms with Crippen LogP contribution >= 0.6 is 0 Å². The molecule has 0 amide bonds. The molecule has 0 bridgehead atoms. The van der Waals surface area contributed by atoms with E-state index in [4.69, 9.17) is 9.47 Å². The van der Waals surface area contributed by atoms with Gasteiger partial charge in [0, 0.05) is 46.0 Å². The van der Waals surface area contributed by atoms with Crippen LogP contribution in [0.3, 0.4) is 0 Å². The molecule has 154 valence electrons. The highest BCUT2D eigenvalue weighted by atomic mass is 16.5. The zero-order valence-electron chi connectivity index (χ0n) is 18.1. The van der Waals surface area contributed by atoms with Gasteiger partial charge in [-0.15, -0.1) is 0 Å². The Morgan fingerprint density at radius 3 is 2.57 bits per heavy atom. The number of aliphatic imine (C=N–C) groups is 1. The van der Waals surface area contributed by atoms with Gasteiger partial charge >= 0.3 is 0 Å². The lowest BCUT2D eigenvalue weighted by Gasteiger charge is -2.22. The molecule has 0 aliphatic heterocycles. The van der Waals surface area contributed by atoms with Gasteiger partial charge in [0.1, 0.15) is 0 Å². The van der Waals surface area contributed by atoms with E-state index in [1.54, 1.807) is 14.2 Å². The summed E-state index contributed by atoms with van der Waals surface area (Å²) in [6, 6.07) is 6.00. The number of nitrogens with one attached hydrogen (secondary N) is 1. The maximum Gasteiger partial charge on any atom is 0.193 e. The Labute approximate surface area is 168 Å². The normalized spacial score (nSPS) is 11.6. The van der Waals surface area contributed by atoms with Crippen LogP contribution in [0.4, 0.5) is 0 Å². The third-order valence-electron chi connectivity index (χ3n) is 4.61. The van der Waals surface area contributed by atoms with Gasteiger partial charge in [0.15, 0.2) is 17.5 Å². The molecule has 0 spiro atoms. The number of benzene rings is 1. The summed E-state index contributed by atoms with van der Waals surface area (Å²) in [5.41, 5.74) is 3.54. The second-order valence-electron chi connectivity index (χ2n) is 7.14. The van der Waals surface area contributed by atoms with Crippen LogP contribution in [0.25, 0.3) is 0 Å². The van der Waals surface area contributed by atoms with Gasteiger partial charge in [0.05, 0.1) is 19.9 Å². The second-order valence-corrected chi connectivity index (χ2v) is 7.14. The van der Waals surface area contributed by atoms with Crippen LogP contribution in [0.2, 0.25) is 0 Å². The van der Waals surface area contributed by atoms with Crippen LogP contribution < -0.4 is 14.8 Å². The molecule has 0 saturated heterocycles. The van der Waals surface area contributed by atoms with Crippen molar-refractivity contribution in [3.05, 3.63) is 41.2 Å². The fourth-order valence-electron chi connectivity index (χ4n) is 3.23. The lowest BCUT2D eigenvalue weighted by Crippen LogP contribution is -2.39. The number of rotatable bonds is 8. The molecule has 2 rings (SSSR count). The van der Waals surface area contributed by atoms with Crippen LogP contribution in [0.15, 0.2) is 29.4 Å². The molecule has 7 nitrogen and oxygen atoms in total. The first kappa shape index (κ1) is 21.6. The smallest absolute Gasteiger partial charge is 0.193 e. The summed E-state index contributed by atoms with van der Waals surface area (Å²) < 4.78 is 12.6. The molecule has 28 heavy (non-hydrogen) atoms. The number of guanidine groups is 1. The van der Waals surface area contributed by atoms with E-state index >= 15 is 0 Å². The van der Waals surface area contributed by atoms with Crippen LogP contribution in [-0.2, 0) is 20.0 Å². The van der Waals surface area contributed by atoms with Gasteiger partial charge < -0.3 is 19.7 Å². The predicted octanol–water partition coefficient (Wildman–Crippen LogP) is 2.81. The Morgan fingerprint density at radius 1 is 1.25 bits per heavy atom. The van der Waals surface area contributed by atoms with E-state index in [1.807, 2.05) is 38.0 Å². The largest absolute Gasteiger partial charge is 0.493 e. The predicted molar refractivity (Wildman–Crippen MR) is 113 cm³/mol. The molecule has 0 aliphatic rings. The second kappa shape index (κ2) is 10.0. The van der Waals surface area contributed by atoms with E-state index in [0.717, 1.165) is 42.7 Å². The number of methoxy groups -OCH3 is 2. The van der Waals surface area contributed by atoms with E-state index in [2.05, 4.69) is 46.4 Å². The number of aromatic nitrogens is 2. The van der Waals surface area contributed by atoms with E-state index in [9.17, 15) is 0 Å². The third kappa shape index (κ3) is 5.41. The highest BCUT2D eigenvalue weighted by Gasteiger charge is 2.15. The van der Waals surface area contributed by atoms with Gasteiger partial charge in [0.25, 0.3) is 0 Å². The van der Waals surface area contributed by atoms with Crippen molar-refractivity contribution in [2.45, 2.75) is 32.7 Å². The van der Waals surface area contributed by atoms with Crippen molar-refractivity contribution >= 4 is 5.96 Å². The average molecular weight is 388 g/mol. The van der Waals surface area contributed by atoms with Gasteiger partial charge in [-0.1, -0.05) is 19.9 Å². The topological polar surface area (TPSA) is 63.9 Å². The summed E-state index contributed by atoms with van der Waals surface area (Å²) in [6.45, 7) is 5.87. The van der Waals surface area contributed by atoms with Gasteiger partial charge in [0.2, 0.25) is 0 Å². The molecule has 0 saturated carbocycles. The number of aryl methyl sites for hydroxylation is 1. The van der Waals surface area contributed by atoms with Gasteiger partial charge in [-0.2, -0.15) is 5.10 Å². The summed E-state index contributed by atoms with van der Waals surface area (Å²) >= 11 is 0. The van der Waals surface area contributed by atoms with Gasteiger partial charge in [-0.25, -0.2) is 0 Å². The molecule has 0 radical (unpaired) electrons. The minimum absolute atomic E-state index is 0.393. The van der Waals surface area contributed by atoms with E-state index < -0.39 is 0 Å². The lowest BCUT2D eigenvalue weighted by molar-refractivity contribution is 0.354. The van der Waals surface area contributed by atoms with E-state index in [-0.39, 0.29) is 0 Å². The quantitative estimate of drug-likeness (QED) is 0.557. The lowest BCUT2D eigenvalue weighted by atomic mass is 10.1. The highest BCUT2D eigenvalue weighted by molar-refractivity contribution is 5.79. The van der Waals surface area contributed by atoms with Crippen molar-refractivity contribution in [1.29, 1.82) is 0 Å². The number of hydrogen-bond donors (Lipinski definition) is 1. The number of ether oxygens (including phenoxy) is 2. The first-order valence-electron chi connectivity index (χ1n) is 9.54.